The van der Waals surface area contributed by atoms with E-state index in [4.69, 9.17) is 9.26 Å². The van der Waals surface area contributed by atoms with Gasteiger partial charge in [-0.2, -0.15) is 0 Å². The predicted molar refractivity (Wildman–Crippen MR) is 99.7 cm³/mol. The van der Waals surface area contributed by atoms with E-state index in [1.54, 1.807) is 12.4 Å². The first-order chi connectivity index (χ1) is 13.3. The van der Waals surface area contributed by atoms with Crippen LogP contribution in [-0.2, 0) is 16.1 Å². The molecule has 0 spiro atoms. The maximum Gasteiger partial charge on any atom is 0.224 e. The number of amides is 1. The Bertz CT molecular complexity index is 743. The number of pyridine rings is 1. The monoisotopic (exact) mass is 370 g/mol. The first kappa shape index (κ1) is 18.1. The van der Waals surface area contributed by atoms with E-state index in [-0.39, 0.29) is 11.8 Å². The summed E-state index contributed by atoms with van der Waals surface area (Å²) in [5.74, 6) is 0.799. The average Bonchev–Trinajstić information content (AvgIpc) is 3.22. The molecule has 0 bridgehead atoms. The first-order valence-corrected chi connectivity index (χ1v) is 9.75. The number of carbonyl (C=O) groups is 1. The maximum atomic E-state index is 12.6. The molecule has 0 aliphatic carbocycles. The van der Waals surface area contributed by atoms with Crippen molar-refractivity contribution in [2.24, 2.45) is 5.92 Å². The zero-order valence-corrected chi connectivity index (χ0v) is 15.5. The Morgan fingerprint density at radius 1 is 1.30 bits per heavy atom. The minimum Gasteiger partial charge on any atom is -0.381 e. The molecule has 1 unspecified atom stereocenters. The molecule has 1 atom stereocenters. The molecule has 2 aromatic rings. The van der Waals surface area contributed by atoms with Crippen LogP contribution in [0.25, 0.3) is 11.3 Å². The van der Waals surface area contributed by atoms with Gasteiger partial charge in [-0.1, -0.05) is 5.16 Å². The Balaban J connectivity index is 1.29. The number of nitrogens with one attached hydrogen (secondary N) is 1. The lowest BCUT2D eigenvalue weighted by molar-refractivity contribution is -0.127. The fourth-order valence-electron chi connectivity index (χ4n) is 3.97. The Morgan fingerprint density at radius 2 is 2.19 bits per heavy atom. The average molecular weight is 370 g/mol. The lowest BCUT2D eigenvalue weighted by atomic mass is 9.94. The summed E-state index contributed by atoms with van der Waals surface area (Å²) in [5.41, 5.74) is 1.63. The van der Waals surface area contributed by atoms with Gasteiger partial charge in [-0.25, -0.2) is 0 Å². The van der Waals surface area contributed by atoms with Gasteiger partial charge in [-0.3, -0.25) is 14.7 Å². The molecule has 27 heavy (non-hydrogen) atoms. The van der Waals surface area contributed by atoms with Gasteiger partial charge in [0.05, 0.1) is 12.5 Å². The molecule has 1 N–H and O–H groups in total. The number of piperidine rings is 1. The normalized spacial score (nSPS) is 21.9. The van der Waals surface area contributed by atoms with E-state index in [1.165, 1.54) is 0 Å². The van der Waals surface area contributed by atoms with Crippen LogP contribution in [0, 0.1) is 5.92 Å². The Hall–Kier alpha value is -2.25. The van der Waals surface area contributed by atoms with E-state index in [1.807, 2.05) is 18.2 Å². The van der Waals surface area contributed by atoms with Crippen LogP contribution in [-0.4, -0.2) is 53.3 Å². The molecule has 1 amide bonds. The molecule has 7 heteroatoms. The molecule has 2 aliphatic heterocycles. The standard InChI is InChI=1S/C20H26N4O3/c25-20(16-4-2-8-24(14-16)17-5-9-26-10-6-17)22-13-18-11-19(23-27-18)15-3-1-7-21-12-15/h1,3,7,11-12,16-17H,2,4-6,8-10,13-14H2,(H,22,25). The highest BCUT2D eigenvalue weighted by Gasteiger charge is 2.30. The number of aromatic nitrogens is 2. The number of ether oxygens (including phenoxy) is 1. The summed E-state index contributed by atoms with van der Waals surface area (Å²) < 4.78 is 10.8. The van der Waals surface area contributed by atoms with Crippen LogP contribution in [0.2, 0.25) is 0 Å². The van der Waals surface area contributed by atoms with E-state index in [9.17, 15) is 4.79 Å². The molecular weight excluding hydrogens is 344 g/mol. The molecule has 2 aliphatic rings. The summed E-state index contributed by atoms with van der Waals surface area (Å²) in [7, 11) is 0. The van der Waals surface area contributed by atoms with Gasteiger partial charge in [-0.15, -0.1) is 0 Å². The number of rotatable bonds is 5. The lowest BCUT2D eigenvalue weighted by Crippen LogP contribution is -2.48. The SMILES string of the molecule is O=C(NCc1cc(-c2cccnc2)no1)C1CCCN(C2CCOCC2)C1. The van der Waals surface area contributed by atoms with Crippen molar-refractivity contribution in [1.29, 1.82) is 0 Å². The van der Waals surface area contributed by atoms with Crippen molar-refractivity contribution in [3.8, 4) is 11.3 Å². The molecule has 4 heterocycles. The van der Waals surface area contributed by atoms with Crippen LogP contribution in [0.4, 0.5) is 0 Å². The smallest absolute Gasteiger partial charge is 0.224 e. The van der Waals surface area contributed by atoms with Crippen LogP contribution >= 0.6 is 0 Å². The second-order valence-corrected chi connectivity index (χ2v) is 7.32. The summed E-state index contributed by atoms with van der Waals surface area (Å²) >= 11 is 0. The van der Waals surface area contributed by atoms with Gasteiger partial charge in [0.2, 0.25) is 5.91 Å². The second-order valence-electron chi connectivity index (χ2n) is 7.32. The van der Waals surface area contributed by atoms with Gasteiger partial charge in [0.15, 0.2) is 5.76 Å². The number of likely N-dealkylation sites (tertiary alicyclic amines) is 1. The topological polar surface area (TPSA) is 80.5 Å². The van der Waals surface area contributed by atoms with Crippen molar-refractivity contribution in [3.05, 3.63) is 36.4 Å². The number of hydrogen-bond donors (Lipinski definition) is 1. The Labute approximate surface area is 159 Å². The van der Waals surface area contributed by atoms with Crippen LogP contribution in [0.5, 0.6) is 0 Å². The van der Waals surface area contributed by atoms with Crippen molar-refractivity contribution in [3.63, 3.8) is 0 Å². The van der Waals surface area contributed by atoms with E-state index < -0.39 is 0 Å². The fourth-order valence-corrected chi connectivity index (χ4v) is 3.97. The molecule has 4 rings (SSSR count). The highest BCUT2D eigenvalue weighted by Crippen LogP contribution is 2.23. The number of carbonyl (C=O) groups excluding carboxylic acids is 1. The van der Waals surface area contributed by atoms with E-state index in [0.29, 0.717) is 18.3 Å². The largest absolute Gasteiger partial charge is 0.381 e. The molecular formula is C20H26N4O3. The molecule has 144 valence electrons. The van der Waals surface area contributed by atoms with Gasteiger partial charge >= 0.3 is 0 Å². The molecule has 0 saturated carbocycles. The molecule has 0 aromatic carbocycles. The molecule has 2 fully saturated rings. The zero-order valence-electron chi connectivity index (χ0n) is 15.5. The van der Waals surface area contributed by atoms with Crippen molar-refractivity contribution < 1.29 is 14.1 Å². The summed E-state index contributed by atoms with van der Waals surface area (Å²) in [6.45, 7) is 3.96. The van der Waals surface area contributed by atoms with Crippen LogP contribution in [0.1, 0.15) is 31.4 Å². The minimum atomic E-state index is 0.0438. The maximum absolute atomic E-state index is 12.6. The third kappa shape index (κ3) is 4.54. The molecule has 2 aromatic heterocycles. The Kier molecular flexibility index (Phi) is 5.79. The first-order valence-electron chi connectivity index (χ1n) is 9.75. The molecule has 0 radical (unpaired) electrons. The summed E-state index contributed by atoms with van der Waals surface area (Å²) in [6.07, 6.45) is 7.63. The van der Waals surface area contributed by atoms with Gasteiger partial charge in [0, 0.05) is 49.8 Å². The van der Waals surface area contributed by atoms with Crippen LogP contribution < -0.4 is 5.32 Å². The van der Waals surface area contributed by atoms with Gasteiger partial charge in [-0.05, 0) is 44.4 Å². The van der Waals surface area contributed by atoms with Crippen molar-refractivity contribution in [2.45, 2.75) is 38.3 Å². The summed E-state index contributed by atoms with van der Waals surface area (Å²) in [6, 6.07) is 6.21. The van der Waals surface area contributed by atoms with E-state index >= 15 is 0 Å². The van der Waals surface area contributed by atoms with E-state index in [2.05, 4.69) is 20.4 Å². The summed E-state index contributed by atoms with van der Waals surface area (Å²) in [4.78, 5) is 19.2. The predicted octanol–water partition coefficient (Wildman–Crippen LogP) is 2.24. The summed E-state index contributed by atoms with van der Waals surface area (Å²) in [5, 5.41) is 7.08. The Morgan fingerprint density at radius 3 is 3.00 bits per heavy atom. The number of hydrogen-bond acceptors (Lipinski definition) is 6. The van der Waals surface area contributed by atoms with Crippen molar-refractivity contribution in [1.82, 2.24) is 20.4 Å². The van der Waals surface area contributed by atoms with E-state index in [0.717, 1.165) is 63.2 Å². The lowest BCUT2D eigenvalue weighted by Gasteiger charge is -2.39. The molecule has 7 nitrogen and oxygen atoms in total. The quantitative estimate of drug-likeness (QED) is 0.869. The third-order valence-electron chi connectivity index (χ3n) is 5.48. The number of nitrogens with zero attached hydrogens (tertiary/aromatic N) is 3. The van der Waals surface area contributed by atoms with Gasteiger partial charge in [0.25, 0.3) is 0 Å². The van der Waals surface area contributed by atoms with Gasteiger partial charge < -0.3 is 14.6 Å². The fraction of sp³-hybridized carbons (Fsp3) is 0.550. The van der Waals surface area contributed by atoms with Crippen LogP contribution in [0.3, 0.4) is 0 Å². The van der Waals surface area contributed by atoms with Crippen molar-refractivity contribution >= 4 is 5.91 Å². The third-order valence-corrected chi connectivity index (χ3v) is 5.48. The van der Waals surface area contributed by atoms with Crippen LogP contribution in [0.15, 0.2) is 35.1 Å². The second kappa shape index (κ2) is 8.63. The highest BCUT2D eigenvalue weighted by atomic mass is 16.5. The molecule has 2 saturated heterocycles. The zero-order chi connectivity index (χ0) is 18.5. The minimum absolute atomic E-state index is 0.0438. The van der Waals surface area contributed by atoms with Crippen molar-refractivity contribution in [2.75, 3.05) is 26.3 Å². The van der Waals surface area contributed by atoms with Gasteiger partial charge in [0.1, 0.15) is 5.69 Å². The highest BCUT2D eigenvalue weighted by molar-refractivity contribution is 5.79.